The van der Waals surface area contributed by atoms with Crippen LogP contribution in [0, 0.1) is 0 Å². The second-order valence-electron chi connectivity index (χ2n) is 6.42. The highest BCUT2D eigenvalue weighted by molar-refractivity contribution is 8.00. The third-order valence-corrected chi connectivity index (χ3v) is 5.28. The summed E-state index contributed by atoms with van der Waals surface area (Å²) in [7, 11) is 1.61. The third kappa shape index (κ3) is 7.27. The van der Waals surface area contributed by atoms with Gasteiger partial charge in [-0.1, -0.05) is 24.3 Å². The van der Waals surface area contributed by atoms with Gasteiger partial charge in [-0.3, -0.25) is 9.59 Å². The molecule has 0 aliphatic heterocycles. The molecule has 0 saturated carbocycles. The molecule has 7 heteroatoms. The van der Waals surface area contributed by atoms with Gasteiger partial charge in [0.1, 0.15) is 11.5 Å². The molecule has 0 saturated heterocycles. The lowest BCUT2D eigenvalue weighted by molar-refractivity contribution is -0.129. The number of amides is 1. The lowest BCUT2D eigenvalue weighted by Gasteiger charge is -2.15. The Morgan fingerprint density at radius 1 is 1.07 bits per heavy atom. The van der Waals surface area contributed by atoms with Crippen LogP contribution in [0.25, 0.3) is 0 Å². The van der Waals surface area contributed by atoms with Crippen molar-refractivity contribution in [1.29, 1.82) is 0 Å². The molecule has 2 aromatic carbocycles. The summed E-state index contributed by atoms with van der Waals surface area (Å²) in [6.45, 7) is 3.45. The average Bonchev–Trinajstić information content (AvgIpc) is 2.72. The van der Waals surface area contributed by atoms with Crippen LogP contribution in [-0.2, 0) is 20.7 Å². The number of carbonyl (C=O) groups excluding carboxylic acids is 3. The standard InChI is InChI=1S/C22H25NO5S/c1-15(24)14-29-20-7-5-4-6-19(20)22(26)28-16(2)21(25)23-13-12-17-8-10-18(27-3)11-9-17/h4-11,16H,12-14H2,1-3H3,(H,23,25)/t16-/m0/s1. The molecular weight excluding hydrogens is 390 g/mol. The zero-order valence-corrected chi connectivity index (χ0v) is 17.6. The van der Waals surface area contributed by atoms with E-state index in [0.717, 1.165) is 11.3 Å². The van der Waals surface area contributed by atoms with Gasteiger partial charge in [0, 0.05) is 11.4 Å². The molecule has 0 aliphatic rings. The Morgan fingerprint density at radius 2 is 1.76 bits per heavy atom. The highest BCUT2D eigenvalue weighted by Gasteiger charge is 2.20. The largest absolute Gasteiger partial charge is 0.497 e. The number of methoxy groups -OCH3 is 1. The fraction of sp³-hybridized carbons (Fsp3) is 0.318. The number of Topliss-reactive ketones (excluding diaryl/α,β-unsaturated/α-hetero) is 1. The maximum absolute atomic E-state index is 12.5. The van der Waals surface area contributed by atoms with Crippen LogP contribution in [0.15, 0.2) is 53.4 Å². The van der Waals surface area contributed by atoms with E-state index in [1.165, 1.54) is 25.6 Å². The number of hydrogen-bond acceptors (Lipinski definition) is 6. The minimum Gasteiger partial charge on any atom is -0.497 e. The van der Waals surface area contributed by atoms with Crippen LogP contribution in [0.3, 0.4) is 0 Å². The highest BCUT2D eigenvalue weighted by atomic mass is 32.2. The van der Waals surface area contributed by atoms with Crippen molar-refractivity contribution in [3.8, 4) is 5.75 Å². The van der Waals surface area contributed by atoms with E-state index in [1.54, 1.807) is 31.4 Å². The zero-order chi connectivity index (χ0) is 21.2. The summed E-state index contributed by atoms with van der Waals surface area (Å²) < 4.78 is 10.4. The van der Waals surface area contributed by atoms with Crippen molar-refractivity contribution in [3.05, 3.63) is 59.7 Å². The van der Waals surface area contributed by atoms with Crippen LogP contribution in [-0.4, -0.2) is 43.2 Å². The van der Waals surface area contributed by atoms with Gasteiger partial charge >= 0.3 is 5.97 Å². The van der Waals surface area contributed by atoms with Crippen LogP contribution in [0.5, 0.6) is 5.75 Å². The van der Waals surface area contributed by atoms with E-state index in [0.29, 0.717) is 23.4 Å². The summed E-state index contributed by atoms with van der Waals surface area (Å²) >= 11 is 1.27. The van der Waals surface area contributed by atoms with E-state index in [2.05, 4.69) is 5.32 Å². The van der Waals surface area contributed by atoms with Gasteiger partial charge in [-0.25, -0.2) is 4.79 Å². The number of nitrogens with one attached hydrogen (secondary N) is 1. The van der Waals surface area contributed by atoms with Gasteiger partial charge in [-0.2, -0.15) is 0 Å². The van der Waals surface area contributed by atoms with Gasteiger partial charge in [0.25, 0.3) is 5.91 Å². The molecule has 1 atom stereocenters. The molecule has 0 bridgehead atoms. The number of hydrogen-bond donors (Lipinski definition) is 1. The molecule has 0 heterocycles. The summed E-state index contributed by atoms with van der Waals surface area (Å²) in [6, 6.07) is 14.5. The van der Waals surface area contributed by atoms with Crippen molar-refractivity contribution in [3.63, 3.8) is 0 Å². The van der Waals surface area contributed by atoms with Gasteiger partial charge in [0.2, 0.25) is 0 Å². The maximum atomic E-state index is 12.5. The summed E-state index contributed by atoms with van der Waals surface area (Å²) in [5.41, 5.74) is 1.41. The van der Waals surface area contributed by atoms with Gasteiger partial charge in [0.15, 0.2) is 6.10 Å². The van der Waals surface area contributed by atoms with Crippen LogP contribution in [0.4, 0.5) is 0 Å². The van der Waals surface area contributed by atoms with E-state index in [4.69, 9.17) is 9.47 Å². The summed E-state index contributed by atoms with van der Waals surface area (Å²) in [6.07, 6.45) is -0.273. The number of esters is 1. The topological polar surface area (TPSA) is 81.7 Å². The molecule has 2 rings (SSSR count). The SMILES string of the molecule is COc1ccc(CCNC(=O)[C@H](C)OC(=O)c2ccccc2SCC(C)=O)cc1. The molecule has 29 heavy (non-hydrogen) atoms. The Morgan fingerprint density at radius 3 is 2.41 bits per heavy atom. The van der Waals surface area contributed by atoms with Gasteiger partial charge in [-0.15, -0.1) is 11.8 Å². The molecule has 6 nitrogen and oxygen atoms in total. The summed E-state index contributed by atoms with van der Waals surface area (Å²) in [5, 5.41) is 2.77. The number of thioether (sulfide) groups is 1. The number of ether oxygens (including phenoxy) is 2. The van der Waals surface area contributed by atoms with Crippen LogP contribution in [0.1, 0.15) is 29.8 Å². The van der Waals surface area contributed by atoms with Gasteiger partial charge in [-0.05, 0) is 50.1 Å². The summed E-state index contributed by atoms with van der Waals surface area (Å²) in [5.74, 6) is 0.115. The van der Waals surface area contributed by atoms with E-state index < -0.39 is 12.1 Å². The van der Waals surface area contributed by atoms with Crippen molar-refractivity contribution < 1.29 is 23.9 Å². The van der Waals surface area contributed by atoms with Crippen LogP contribution >= 0.6 is 11.8 Å². The molecule has 0 aromatic heterocycles. The smallest absolute Gasteiger partial charge is 0.340 e. The molecular formula is C22H25NO5S. The van der Waals surface area contributed by atoms with Crippen molar-refractivity contribution in [1.82, 2.24) is 5.32 Å². The average molecular weight is 416 g/mol. The maximum Gasteiger partial charge on any atom is 0.340 e. The predicted octanol–water partition coefficient (Wildman–Crippen LogP) is 3.28. The van der Waals surface area contributed by atoms with Crippen LogP contribution in [0.2, 0.25) is 0 Å². The molecule has 0 aliphatic carbocycles. The van der Waals surface area contributed by atoms with Crippen molar-refractivity contribution >= 4 is 29.4 Å². The first-order valence-electron chi connectivity index (χ1n) is 9.23. The molecule has 154 valence electrons. The zero-order valence-electron chi connectivity index (χ0n) is 16.8. The Labute approximate surface area is 175 Å². The van der Waals surface area contributed by atoms with Crippen molar-refractivity contribution in [2.24, 2.45) is 0 Å². The van der Waals surface area contributed by atoms with E-state index in [1.807, 2.05) is 24.3 Å². The second kappa shape index (κ2) is 11.3. The molecule has 0 unspecified atom stereocenters. The first kappa shape index (κ1) is 22.5. The normalized spacial score (nSPS) is 11.4. The van der Waals surface area contributed by atoms with Gasteiger partial charge < -0.3 is 14.8 Å². The fourth-order valence-electron chi connectivity index (χ4n) is 2.48. The Bertz CT molecular complexity index is 851. The highest BCUT2D eigenvalue weighted by Crippen LogP contribution is 2.23. The van der Waals surface area contributed by atoms with Gasteiger partial charge in [0.05, 0.1) is 18.4 Å². The molecule has 0 radical (unpaired) electrons. The third-order valence-electron chi connectivity index (χ3n) is 4.06. The Hall–Kier alpha value is -2.80. The predicted molar refractivity (Wildman–Crippen MR) is 112 cm³/mol. The number of ketones is 1. The monoisotopic (exact) mass is 415 g/mol. The first-order valence-corrected chi connectivity index (χ1v) is 10.2. The van der Waals surface area contributed by atoms with Crippen molar-refractivity contribution in [2.45, 2.75) is 31.3 Å². The molecule has 1 N–H and O–H groups in total. The molecule has 0 fully saturated rings. The van der Waals surface area contributed by atoms with Crippen LogP contribution < -0.4 is 10.1 Å². The van der Waals surface area contributed by atoms with E-state index >= 15 is 0 Å². The quantitative estimate of drug-likeness (QED) is 0.474. The Balaban J connectivity index is 1.85. The van der Waals surface area contributed by atoms with Crippen molar-refractivity contribution in [2.75, 3.05) is 19.4 Å². The number of carbonyl (C=O) groups is 3. The first-order chi connectivity index (χ1) is 13.9. The molecule has 1 amide bonds. The minimum atomic E-state index is -0.927. The van der Waals surface area contributed by atoms with E-state index in [9.17, 15) is 14.4 Å². The minimum absolute atomic E-state index is 0.0165. The van der Waals surface area contributed by atoms with E-state index in [-0.39, 0.29) is 17.4 Å². The lowest BCUT2D eigenvalue weighted by Crippen LogP contribution is -2.37. The lowest BCUT2D eigenvalue weighted by atomic mass is 10.1. The molecule has 0 spiro atoms. The number of rotatable bonds is 10. The molecule has 2 aromatic rings. The summed E-state index contributed by atoms with van der Waals surface area (Å²) in [4.78, 5) is 36.6. The second-order valence-corrected chi connectivity index (χ2v) is 7.44. The Kier molecular flexibility index (Phi) is 8.73. The fourth-order valence-corrected chi connectivity index (χ4v) is 3.32. The number of benzene rings is 2.